The number of carboxylic acids is 1. The Morgan fingerprint density at radius 2 is 1.85 bits per heavy atom. The fourth-order valence-corrected chi connectivity index (χ4v) is 1.40. The Morgan fingerprint density at radius 3 is 2.23 bits per heavy atom. The summed E-state index contributed by atoms with van der Waals surface area (Å²) >= 11 is 0. The molecule has 0 fully saturated rings. The first-order valence-corrected chi connectivity index (χ1v) is 5.58. The SMILES string of the molecule is C=C(CCCCP(=O)(O)O)C(=O)O. The van der Waals surface area contributed by atoms with Gasteiger partial charge in [0.25, 0.3) is 0 Å². The highest BCUT2D eigenvalue weighted by molar-refractivity contribution is 7.51. The van der Waals surface area contributed by atoms with Crippen LogP contribution in [0.3, 0.4) is 0 Å². The van der Waals surface area contributed by atoms with Crippen molar-refractivity contribution in [2.24, 2.45) is 0 Å². The number of rotatable bonds is 6. The first-order chi connectivity index (χ1) is 5.83. The van der Waals surface area contributed by atoms with Gasteiger partial charge in [-0.1, -0.05) is 6.58 Å². The number of hydrogen-bond donors (Lipinski definition) is 3. The van der Waals surface area contributed by atoms with Crippen LogP contribution in [0.1, 0.15) is 19.3 Å². The lowest BCUT2D eigenvalue weighted by Gasteiger charge is -2.02. The Balaban J connectivity index is 3.53. The van der Waals surface area contributed by atoms with Crippen LogP contribution in [-0.2, 0) is 9.36 Å². The Kier molecular flexibility index (Phi) is 4.91. The zero-order valence-corrected chi connectivity index (χ0v) is 8.04. The van der Waals surface area contributed by atoms with E-state index in [1.807, 2.05) is 0 Å². The van der Waals surface area contributed by atoms with Crippen molar-refractivity contribution in [3.63, 3.8) is 0 Å². The highest BCUT2D eigenvalue weighted by Gasteiger charge is 2.12. The van der Waals surface area contributed by atoms with Gasteiger partial charge in [-0.3, -0.25) is 4.57 Å². The van der Waals surface area contributed by atoms with Gasteiger partial charge in [-0.25, -0.2) is 4.79 Å². The maximum Gasteiger partial charge on any atom is 0.330 e. The van der Waals surface area contributed by atoms with Crippen LogP contribution < -0.4 is 0 Å². The third kappa shape index (κ3) is 7.71. The van der Waals surface area contributed by atoms with Crippen LogP contribution in [-0.4, -0.2) is 27.0 Å². The molecule has 13 heavy (non-hydrogen) atoms. The summed E-state index contributed by atoms with van der Waals surface area (Å²) in [5.41, 5.74) is 0.0747. The van der Waals surface area contributed by atoms with Gasteiger partial charge in [0.15, 0.2) is 0 Å². The second-order valence-corrected chi connectivity index (χ2v) is 4.53. The van der Waals surface area contributed by atoms with Crippen molar-refractivity contribution >= 4 is 13.6 Å². The van der Waals surface area contributed by atoms with E-state index in [1.54, 1.807) is 0 Å². The number of aliphatic carboxylic acids is 1. The number of carboxylic acid groups (broad SMARTS) is 1. The fraction of sp³-hybridized carbons (Fsp3) is 0.571. The van der Waals surface area contributed by atoms with Crippen molar-refractivity contribution in [3.05, 3.63) is 12.2 Å². The number of unbranched alkanes of at least 4 members (excludes halogenated alkanes) is 1. The third-order valence-electron chi connectivity index (χ3n) is 1.48. The van der Waals surface area contributed by atoms with Crippen LogP contribution in [0.5, 0.6) is 0 Å². The molecule has 5 nitrogen and oxygen atoms in total. The lowest BCUT2D eigenvalue weighted by Crippen LogP contribution is -1.99. The molecule has 0 saturated heterocycles. The Hall–Kier alpha value is -0.640. The van der Waals surface area contributed by atoms with E-state index in [1.165, 1.54) is 0 Å². The monoisotopic (exact) mass is 208 g/mol. The third-order valence-corrected chi connectivity index (χ3v) is 2.38. The fourth-order valence-electron chi connectivity index (χ4n) is 0.763. The molecule has 0 rings (SSSR count). The topological polar surface area (TPSA) is 94.8 Å². The van der Waals surface area contributed by atoms with Gasteiger partial charge in [-0.15, -0.1) is 0 Å². The van der Waals surface area contributed by atoms with Gasteiger partial charge in [0.2, 0.25) is 0 Å². The summed E-state index contributed by atoms with van der Waals surface area (Å²) in [4.78, 5) is 27.2. The molecule has 0 heterocycles. The lowest BCUT2D eigenvalue weighted by molar-refractivity contribution is -0.132. The van der Waals surface area contributed by atoms with E-state index in [0.717, 1.165) is 0 Å². The average Bonchev–Trinajstić information content (AvgIpc) is 1.95. The largest absolute Gasteiger partial charge is 0.478 e. The Labute approximate surface area is 76.2 Å². The van der Waals surface area contributed by atoms with E-state index < -0.39 is 13.6 Å². The Bertz CT molecular complexity index is 241. The summed E-state index contributed by atoms with van der Waals surface area (Å²) in [6.07, 6.45) is 0.835. The van der Waals surface area contributed by atoms with Gasteiger partial charge < -0.3 is 14.9 Å². The van der Waals surface area contributed by atoms with Gasteiger partial charge in [-0.2, -0.15) is 0 Å². The second-order valence-electron chi connectivity index (χ2n) is 2.75. The molecule has 0 aliphatic carbocycles. The Morgan fingerprint density at radius 1 is 1.31 bits per heavy atom. The van der Waals surface area contributed by atoms with Crippen molar-refractivity contribution in [3.8, 4) is 0 Å². The maximum absolute atomic E-state index is 10.4. The van der Waals surface area contributed by atoms with E-state index in [2.05, 4.69) is 6.58 Å². The zero-order valence-electron chi connectivity index (χ0n) is 7.14. The molecule has 0 aromatic heterocycles. The number of hydrogen-bond acceptors (Lipinski definition) is 2. The molecule has 0 spiro atoms. The summed E-state index contributed by atoms with van der Waals surface area (Å²) in [5, 5.41) is 8.39. The molecule has 0 aromatic rings. The van der Waals surface area contributed by atoms with Crippen molar-refractivity contribution in [1.82, 2.24) is 0 Å². The van der Waals surface area contributed by atoms with Gasteiger partial charge in [0.05, 0.1) is 0 Å². The normalized spacial score (nSPS) is 11.2. The van der Waals surface area contributed by atoms with Gasteiger partial charge in [-0.05, 0) is 19.3 Å². The van der Waals surface area contributed by atoms with E-state index >= 15 is 0 Å². The smallest absolute Gasteiger partial charge is 0.330 e. The second kappa shape index (κ2) is 5.17. The molecule has 0 radical (unpaired) electrons. The lowest BCUT2D eigenvalue weighted by atomic mass is 10.1. The van der Waals surface area contributed by atoms with Crippen LogP contribution in [0.4, 0.5) is 0 Å². The molecule has 0 unspecified atom stereocenters. The van der Waals surface area contributed by atoms with E-state index in [-0.39, 0.29) is 18.2 Å². The quantitative estimate of drug-likeness (QED) is 0.343. The molecule has 0 aromatic carbocycles. The molecule has 0 atom stereocenters. The van der Waals surface area contributed by atoms with E-state index in [9.17, 15) is 9.36 Å². The van der Waals surface area contributed by atoms with Crippen LogP contribution in [0.25, 0.3) is 0 Å². The van der Waals surface area contributed by atoms with Gasteiger partial charge in [0.1, 0.15) is 0 Å². The van der Waals surface area contributed by atoms with E-state index in [0.29, 0.717) is 12.8 Å². The summed E-state index contributed by atoms with van der Waals surface area (Å²) in [7, 11) is -3.93. The predicted molar refractivity (Wildman–Crippen MR) is 47.5 cm³/mol. The number of carbonyl (C=O) groups is 1. The van der Waals surface area contributed by atoms with Crippen LogP contribution >= 0.6 is 7.60 Å². The molecular weight excluding hydrogens is 195 g/mol. The molecular formula is C7H13O5P. The zero-order chi connectivity index (χ0) is 10.5. The molecule has 6 heteroatoms. The molecule has 0 saturated carbocycles. The first-order valence-electron chi connectivity index (χ1n) is 3.78. The first kappa shape index (κ1) is 12.4. The predicted octanol–water partition coefficient (Wildman–Crippen LogP) is 0.975. The molecule has 0 amide bonds. The van der Waals surface area contributed by atoms with Crippen molar-refractivity contribution < 1.29 is 24.3 Å². The highest BCUT2D eigenvalue weighted by Crippen LogP contribution is 2.35. The molecule has 3 N–H and O–H groups in total. The molecule has 0 aliphatic rings. The van der Waals surface area contributed by atoms with Crippen molar-refractivity contribution in [2.75, 3.05) is 6.16 Å². The maximum atomic E-state index is 10.4. The average molecular weight is 208 g/mol. The standard InChI is InChI=1S/C7H13O5P/c1-6(7(8)9)4-2-3-5-13(10,11)12/h1-5H2,(H,8,9)(H2,10,11,12). The van der Waals surface area contributed by atoms with Crippen LogP contribution in [0.2, 0.25) is 0 Å². The summed E-state index contributed by atoms with van der Waals surface area (Å²) in [5.74, 6) is -1.06. The van der Waals surface area contributed by atoms with Crippen LogP contribution in [0.15, 0.2) is 12.2 Å². The molecule has 0 aliphatic heterocycles. The summed E-state index contributed by atoms with van der Waals surface area (Å²) in [6, 6.07) is 0. The van der Waals surface area contributed by atoms with E-state index in [4.69, 9.17) is 14.9 Å². The minimum absolute atomic E-state index is 0.0747. The van der Waals surface area contributed by atoms with Crippen LogP contribution in [0, 0.1) is 0 Å². The minimum atomic E-state index is -3.93. The van der Waals surface area contributed by atoms with Gasteiger partial charge >= 0.3 is 13.6 Å². The summed E-state index contributed by atoms with van der Waals surface area (Å²) < 4.78 is 10.4. The van der Waals surface area contributed by atoms with Gasteiger partial charge in [0, 0.05) is 11.7 Å². The highest BCUT2D eigenvalue weighted by atomic mass is 31.2. The van der Waals surface area contributed by atoms with Crippen molar-refractivity contribution in [1.29, 1.82) is 0 Å². The summed E-state index contributed by atoms with van der Waals surface area (Å²) in [6.45, 7) is 3.29. The van der Waals surface area contributed by atoms with Crippen molar-refractivity contribution in [2.45, 2.75) is 19.3 Å². The minimum Gasteiger partial charge on any atom is -0.478 e. The molecule has 0 bridgehead atoms. The molecule has 76 valence electrons.